The third-order valence-electron chi connectivity index (χ3n) is 5.59. The van der Waals surface area contributed by atoms with Gasteiger partial charge in [-0.2, -0.15) is 0 Å². The smallest absolute Gasteiger partial charge is 0.253 e. The minimum absolute atomic E-state index is 0.0167. The van der Waals surface area contributed by atoms with Gasteiger partial charge in [-0.3, -0.25) is 9.59 Å². The largest absolute Gasteiger partial charge is 0.375 e. The number of carbonyl (C=O) groups is 2. The van der Waals surface area contributed by atoms with Gasteiger partial charge in [0, 0.05) is 44.5 Å². The van der Waals surface area contributed by atoms with E-state index in [0.29, 0.717) is 25.2 Å². The highest BCUT2D eigenvalue weighted by atomic mass is 19.1. The number of rotatable bonds is 8. The van der Waals surface area contributed by atoms with Crippen molar-refractivity contribution < 1.29 is 14.0 Å². The molecule has 1 heterocycles. The van der Waals surface area contributed by atoms with Gasteiger partial charge in [-0.15, -0.1) is 0 Å². The molecule has 1 aliphatic heterocycles. The predicted molar refractivity (Wildman–Crippen MR) is 117 cm³/mol. The molecule has 0 radical (unpaired) electrons. The molecular weight excluding hydrogens is 381 g/mol. The maximum Gasteiger partial charge on any atom is 0.253 e. The van der Waals surface area contributed by atoms with Gasteiger partial charge >= 0.3 is 0 Å². The SMILES string of the molecule is CN(CCCCNC(=O)C1CCCN(C(=O)c2ccc(F)cc2)C1)c1ccccc1. The van der Waals surface area contributed by atoms with E-state index in [-0.39, 0.29) is 23.5 Å². The van der Waals surface area contributed by atoms with Crippen molar-refractivity contribution in [1.29, 1.82) is 0 Å². The summed E-state index contributed by atoms with van der Waals surface area (Å²) >= 11 is 0. The Bertz CT molecular complexity index is 826. The van der Waals surface area contributed by atoms with E-state index >= 15 is 0 Å². The first-order valence-corrected chi connectivity index (χ1v) is 10.6. The lowest BCUT2D eigenvalue weighted by atomic mass is 9.96. The summed E-state index contributed by atoms with van der Waals surface area (Å²) in [6, 6.07) is 15.8. The molecule has 160 valence electrons. The van der Waals surface area contributed by atoms with E-state index in [1.807, 2.05) is 18.2 Å². The van der Waals surface area contributed by atoms with Crippen molar-refractivity contribution in [3.8, 4) is 0 Å². The minimum Gasteiger partial charge on any atom is -0.375 e. The zero-order valence-corrected chi connectivity index (χ0v) is 17.5. The van der Waals surface area contributed by atoms with E-state index in [2.05, 4.69) is 29.4 Å². The number of para-hydroxylation sites is 1. The minimum atomic E-state index is -0.364. The molecule has 5 nitrogen and oxygen atoms in total. The Morgan fingerprint density at radius 2 is 1.83 bits per heavy atom. The third kappa shape index (κ3) is 6.05. The van der Waals surface area contributed by atoms with Gasteiger partial charge in [0.1, 0.15) is 5.82 Å². The van der Waals surface area contributed by atoms with Crippen molar-refractivity contribution >= 4 is 17.5 Å². The lowest BCUT2D eigenvalue weighted by Gasteiger charge is -2.32. The van der Waals surface area contributed by atoms with Crippen LogP contribution in [0.5, 0.6) is 0 Å². The average Bonchev–Trinajstić information content (AvgIpc) is 2.79. The maximum absolute atomic E-state index is 13.1. The molecule has 0 aliphatic carbocycles. The van der Waals surface area contributed by atoms with Crippen molar-refractivity contribution in [2.45, 2.75) is 25.7 Å². The molecule has 2 aromatic carbocycles. The fourth-order valence-electron chi connectivity index (χ4n) is 3.79. The summed E-state index contributed by atoms with van der Waals surface area (Å²) in [5.74, 6) is -0.674. The monoisotopic (exact) mass is 411 g/mol. The summed E-state index contributed by atoms with van der Waals surface area (Å²) in [5.41, 5.74) is 1.65. The van der Waals surface area contributed by atoms with Gasteiger partial charge in [-0.1, -0.05) is 18.2 Å². The molecular formula is C24H30FN3O2. The van der Waals surface area contributed by atoms with Crippen molar-refractivity contribution in [3.05, 3.63) is 66.0 Å². The second-order valence-electron chi connectivity index (χ2n) is 7.85. The Hall–Kier alpha value is -2.89. The number of unbranched alkanes of at least 4 members (excludes halogenated alkanes) is 1. The predicted octanol–water partition coefficient (Wildman–Crippen LogP) is 3.71. The first-order chi connectivity index (χ1) is 14.5. The molecule has 2 amide bonds. The second-order valence-corrected chi connectivity index (χ2v) is 7.85. The summed E-state index contributed by atoms with van der Waals surface area (Å²) in [6.45, 7) is 2.62. The number of piperidine rings is 1. The van der Waals surface area contributed by atoms with E-state index in [0.717, 1.165) is 32.2 Å². The van der Waals surface area contributed by atoms with Gasteiger partial charge in [0.25, 0.3) is 5.91 Å². The second kappa shape index (κ2) is 10.8. The molecule has 0 spiro atoms. The Labute approximate surface area is 177 Å². The number of hydrogen-bond donors (Lipinski definition) is 1. The topological polar surface area (TPSA) is 52.7 Å². The fourth-order valence-corrected chi connectivity index (χ4v) is 3.79. The number of amides is 2. The van der Waals surface area contributed by atoms with Crippen molar-refractivity contribution in [2.24, 2.45) is 5.92 Å². The molecule has 1 saturated heterocycles. The molecule has 1 N–H and O–H groups in total. The summed E-state index contributed by atoms with van der Waals surface area (Å²) in [7, 11) is 2.07. The van der Waals surface area contributed by atoms with E-state index < -0.39 is 0 Å². The van der Waals surface area contributed by atoms with Crippen LogP contribution in [0.2, 0.25) is 0 Å². The van der Waals surface area contributed by atoms with Crippen LogP contribution in [0, 0.1) is 11.7 Å². The normalized spacial score (nSPS) is 16.2. The van der Waals surface area contributed by atoms with E-state index in [1.54, 1.807) is 4.90 Å². The van der Waals surface area contributed by atoms with Gasteiger partial charge in [-0.25, -0.2) is 4.39 Å². The Balaban J connectivity index is 1.38. The fraction of sp³-hybridized carbons (Fsp3) is 0.417. The van der Waals surface area contributed by atoms with E-state index in [4.69, 9.17) is 0 Å². The van der Waals surface area contributed by atoms with Gasteiger partial charge in [0.2, 0.25) is 5.91 Å². The zero-order chi connectivity index (χ0) is 21.3. The standard InChI is InChI=1S/C24H30FN3O2/c1-27(22-9-3-2-4-10-22)16-6-5-15-26-23(29)20-8-7-17-28(18-20)24(30)19-11-13-21(25)14-12-19/h2-4,9-14,20H,5-8,15-18H2,1H3,(H,26,29). The van der Waals surface area contributed by atoms with Gasteiger partial charge in [-0.05, 0) is 62.1 Å². The Kier molecular flexibility index (Phi) is 7.82. The number of benzene rings is 2. The molecule has 1 unspecified atom stereocenters. The summed E-state index contributed by atoms with van der Waals surface area (Å²) < 4.78 is 13.1. The molecule has 0 aromatic heterocycles. The first-order valence-electron chi connectivity index (χ1n) is 10.6. The number of anilines is 1. The number of hydrogen-bond acceptors (Lipinski definition) is 3. The average molecular weight is 412 g/mol. The third-order valence-corrected chi connectivity index (χ3v) is 5.59. The Morgan fingerprint density at radius 3 is 2.57 bits per heavy atom. The van der Waals surface area contributed by atoms with Crippen molar-refractivity contribution in [3.63, 3.8) is 0 Å². The van der Waals surface area contributed by atoms with E-state index in [9.17, 15) is 14.0 Å². The summed E-state index contributed by atoms with van der Waals surface area (Å²) in [5, 5.41) is 3.03. The van der Waals surface area contributed by atoms with E-state index in [1.165, 1.54) is 30.0 Å². The maximum atomic E-state index is 13.1. The van der Waals surface area contributed by atoms with Crippen molar-refractivity contribution in [2.75, 3.05) is 38.1 Å². The molecule has 6 heteroatoms. The highest BCUT2D eigenvalue weighted by Gasteiger charge is 2.28. The van der Waals surface area contributed by atoms with Crippen LogP contribution in [-0.2, 0) is 4.79 Å². The Morgan fingerprint density at radius 1 is 1.10 bits per heavy atom. The van der Waals surface area contributed by atoms with Gasteiger partial charge in [0.05, 0.1) is 5.92 Å². The number of carbonyl (C=O) groups excluding carboxylic acids is 2. The van der Waals surface area contributed by atoms with Crippen LogP contribution in [0.1, 0.15) is 36.0 Å². The molecule has 1 atom stereocenters. The molecule has 2 aromatic rings. The van der Waals surface area contributed by atoms with Gasteiger partial charge in [0.15, 0.2) is 0 Å². The molecule has 3 rings (SSSR count). The zero-order valence-electron chi connectivity index (χ0n) is 17.5. The lowest BCUT2D eigenvalue weighted by molar-refractivity contribution is -0.126. The van der Waals surface area contributed by atoms with Crippen LogP contribution in [0.15, 0.2) is 54.6 Å². The molecule has 1 aliphatic rings. The van der Waals surface area contributed by atoms with Gasteiger partial charge < -0.3 is 15.1 Å². The highest BCUT2D eigenvalue weighted by molar-refractivity contribution is 5.94. The number of likely N-dealkylation sites (tertiary alicyclic amines) is 1. The summed E-state index contributed by atoms with van der Waals surface area (Å²) in [6.07, 6.45) is 3.49. The highest BCUT2D eigenvalue weighted by Crippen LogP contribution is 2.19. The van der Waals surface area contributed by atoms with Crippen molar-refractivity contribution in [1.82, 2.24) is 10.2 Å². The van der Waals surface area contributed by atoms with Crippen LogP contribution < -0.4 is 10.2 Å². The quantitative estimate of drug-likeness (QED) is 0.674. The van der Waals surface area contributed by atoms with Crippen LogP contribution in [0.3, 0.4) is 0 Å². The van der Waals surface area contributed by atoms with Crippen LogP contribution in [0.4, 0.5) is 10.1 Å². The number of nitrogens with zero attached hydrogens (tertiary/aromatic N) is 2. The molecule has 1 fully saturated rings. The molecule has 0 saturated carbocycles. The van der Waals surface area contributed by atoms with Crippen LogP contribution >= 0.6 is 0 Å². The summed E-state index contributed by atoms with van der Waals surface area (Å²) in [4.78, 5) is 29.1. The lowest BCUT2D eigenvalue weighted by Crippen LogP contribution is -2.45. The van der Waals surface area contributed by atoms with Crippen LogP contribution in [-0.4, -0.2) is 49.9 Å². The molecule has 30 heavy (non-hydrogen) atoms. The number of nitrogens with one attached hydrogen (secondary N) is 1. The number of halogens is 1. The first kappa shape index (κ1) is 21.8. The molecule has 0 bridgehead atoms. The van der Waals surface area contributed by atoms with Crippen LogP contribution in [0.25, 0.3) is 0 Å².